The van der Waals surface area contributed by atoms with E-state index in [0.717, 1.165) is 18.8 Å². The molecule has 0 unspecified atom stereocenters. The highest BCUT2D eigenvalue weighted by Crippen LogP contribution is 2.22. The summed E-state index contributed by atoms with van der Waals surface area (Å²) >= 11 is 0. The maximum atomic E-state index is 7.00. The Morgan fingerprint density at radius 1 is 0.857 bits per heavy atom. The Labute approximate surface area is 127 Å². The van der Waals surface area contributed by atoms with E-state index in [-0.39, 0.29) is 7.69 Å². The lowest BCUT2D eigenvalue weighted by Crippen LogP contribution is -1.96. The van der Waals surface area contributed by atoms with Crippen LogP contribution >= 0.6 is 0 Å². The Bertz CT molecular complexity index is 471. The second-order valence-electron chi connectivity index (χ2n) is 4.56. The minimum absolute atomic E-state index is 0. The highest BCUT2D eigenvalue weighted by atomic mass is 16.5. The lowest BCUT2D eigenvalue weighted by atomic mass is 10.1. The zero-order chi connectivity index (χ0) is 15.3. The van der Waals surface area contributed by atoms with Gasteiger partial charge in [-0.2, -0.15) is 0 Å². The first-order valence-corrected chi connectivity index (χ1v) is 7.20. The van der Waals surface area contributed by atoms with Crippen molar-refractivity contribution in [3.63, 3.8) is 0 Å². The van der Waals surface area contributed by atoms with Crippen LogP contribution in [0.1, 0.15) is 26.2 Å². The SMILES string of the molecule is CCCCCOc1ccc(-c2ccccc2)cc1.O[B]O. The standard InChI is InChI=1S/C17H20O.BH2O2/c1-2-3-7-14-18-17-12-10-16(11-13-17)15-8-5-4-6-9-15;2-1-3/h4-6,8-13H,2-3,7,14H2,1H3;2-3H. The van der Waals surface area contributed by atoms with Crippen LogP contribution in [0, 0.1) is 0 Å². The molecule has 0 saturated carbocycles. The van der Waals surface area contributed by atoms with Crippen molar-refractivity contribution in [2.45, 2.75) is 26.2 Å². The van der Waals surface area contributed by atoms with Crippen LogP contribution in [-0.2, 0) is 0 Å². The smallest absolute Gasteiger partial charge is 0.482 e. The van der Waals surface area contributed by atoms with Crippen molar-refractivity contribution in [1.82, 2.24) is 0 Å². The monoisotopic (exact) mass is 285 g/mol. The molecule has 1 radical (unpaired) electrons. The summed E-state index contributed by atoms with van der Waals surface area (Å²) in [7, 11) is 0. The average Bonchev–Trinajstić information content (AvgIpc) is 2.54. The zero-order valence-electron chi connectivity index (χ0n) is 12.4. The summed E-state index contributed by atoms with van der Waals surface area (Å²) in [5, 5.41) is 14.0. The second-order valence-corrected chi connectivity index (χ2v) is 4.56. The molecule has 3 nitrogen and oxygen atoms in total. The Balaban J connectivity index is 0.000000677. The van der Waals surface area contributed by atoms with Crippen molar-refractivity contribution < 1.29 is 14.8 Å². The Hall–Kier alpha value is -1.78. The van der Waals surface area contributed by atoms with Crippen molar-refractivity contribution in [2.75, 3.05) is 6.61 Å². The lowest BCUT2D eigenvalue weighted by Gasteiger charge is -2.07. The minimum Gasteiger partial charge on any atom is -0.494 e. The fourth-order valence-corrected chi connectivity index (χ4v) is 1.92. The molecule has 0 aliphatic rings. The van der Waals surface area contributed by atoms with Gasteiger partial charge in [0.15, 0.2) is 0 Å². The lowest BCUT2D eigenvalue weighted by molar-refractivity contribution is 0.306. The Morgan fingerprint density at radius 3 is 2.00 bits per heavy atom. The van der Waals surface area contributed by atoms with Gasteiger partial charge in [-0.15, -0.1) is 0 Å². The Morgan fingerprint density at radius 2 is 1.43 bits per heavy atom. The van der Waals surface area contributed by atoms with Crippen molar-refractivity contribution in [3.05, 3.63) is 54.6 Å². The second kappa shape index (κ2) is 10.9. The molecule has 0 aliphatic carbocycles. The first-order valence-electron chi connectivity index (χ1n) is 7.20. The third-order valence-corrected chi connectivity index (χ3v) is 2.98. The zero-order valence-corrected chi connectivity index (χ0v) is 12.4. The van der Waals surface area contributed by atoms with Crippen LogP contribution in [0.25, 0.3) is 11.1 Å². The predicted octanol–water partition coefficient (Wildman–Crippen LogP) is 3.43. The molecule has 0 aliphatic heterocycles. The van der Waals surface area contributed by atoms with Crippen LogP contribution in [0.2, 0.25) is 0 Å². The van der Waals surface area contributed by atoms with Gasteiger partial charge in [0.25, 0.3) is 0 Å². The molecule has 2 rings (SSSR count). The normalized spacial score (nSPS) is 9.48. The predicted molar refractivity (Wildman–Crippen MR) is 87.1 cm³/mol. The fraction of sp³-hybridized carbons (Fsp3) is 0.294. The van der Waals surface area contributed by atoms with Crippen LogP contribution in [-0.4, -0.2) is 24.3 Å². The van der Waals surface area contributed by atoms with Gasteiger partial charge in [0, 0.05) is 0 Å². The summed E-state index contributed by atoms with van der Waals surface area (Å²) in [5.41, 5.74) is 2.48. The molecule has 0 spiro atoms. The van der Waals surface area contributed by atoms with Crippen LogP contribution in [0.15, 0.2) is 54.6 Å². The molecule has 21 heavy (non-hydrogen) atoms. The van der Waals surface area contributed by atoms with E-state index in [0.29, 0.717) is 0 Å². The van der Waals surface area contributed by atoms with E-state index in [2.05, 4.69) is 43.3 Å². The fourth-order valence-electron chi connectivity index (χ4n) is 1.92. The average molecular weight is 285 g/mol. The molecule has 0 fully saturated rings. The third-order valence-electron chi connectivity index (χ3n) is 2.98. The maximum Gasteiger partial charge on any atom is 0.482 e. The van der Waals surface area contributed by atoms with E-state index < -0.39 is 0 Å². The number of hydrogen-bond donors (Lipinski definition) is 2. The summed E-state index contributed by atoms with van der Waals surface area (Å²) in [5.74, 6) is 0.964. The molecule has 111 valence electrons. The highest BCUT2D eigenvalue weighted by Gasteiger charge is 1.97. The highest BCUT2D eigenvalue weighted by molar-refractivity contribution is 6.13. The van der Waals surface area contributed by atoms with Gasteiger partial charge in [-0.25, -0.2) is 0 Å². The first-order chi connectivity index (χ1) is 10.3. The maximum absolute atomic E-state index is 7.00. The number of unbranched alkanes of at least 4 members (excludes halogenated alkanes) is 2. The number of ether oxygens (including phenoxy) is 1. The summed E-state index contributed by atoms with van der Waals surface area (Å²) < 4.78 is 5.70. The third kappa shape index (κ3) is 6.98. The molecule has 0 atom stereocenters. The number of rotatable bonds is 6. The van der Waals surface area contributed by atoms with E-state index in [1.54, 1.807) is 0 Å². The molecule has 0 amide bonds. The number of hydrogen-bond acceptors (Lipinski definition) is 3. The van der Waals surface area contributed by atoms with E-state index >= 15 is 0 Å². The van der Waals surface area contributed by atoms with E-state index in [1.807, 2.05) is 18.2 Å². The number of benzene rings is 2. The minimum atomic E-state index is 0. The molecule has 0 aromatic heterocycles. The molecular weight excluding hydrogens is 263 g/mol. The van der Waals surface area contributed by atoms with Gasteiger partial charge < -0.3 is 14.8 Å². The molecule has 2 aromatic rings. The van der Waals surface area contributed by atoms with Gasteiger partial charge in [-0.1, -0.05) is 62.2 Å². The molecule has 2 N–H and O–H groups in total. The van der Waals surface area contributed by atoms with Crippen LogP contribution in [0.5, 0.6) is 5.75 Å². The van der Waals surface area contributed by atoms with E-state index in [1.165, 1.54) is 24.0 Å². The Kier molecular flexibility index (Phi) is 9.01. The van der Waals surface area contributed by atoms with Crippen LogP contribution < -0.4 is 4.74 Å². The molecule has 0 bridgehead atoms. The summed E-state index contributed by atoms with van der Waals surface area (Å²) in [6, 6.07) is 18.7. The summed E-state index contributed by atoms with van der Waals surface area (Å²) in [6.07, 6.45) is 3.61. The van der Waals surface area contributed by atoms with Gasteiger partial charge in [0.05, 0.1) is 6.61 Å². The van der Waals surface area contributed by atoms with E-state index in [4.69, 9.17) is 14.8 Å². The molecule has 0 saturated heterocycles. The van der Waals surface area contributed by atoms with E-state index in [9.17, 15) is 0 Å². The summed E-state index contributed by atoms with van der Waals surface area (Å²) in [6.45, 7) is 3.02. The van der Waals surface area contributed by atoms with Crippen molar-refractivity contribution in [3.8, 4) is 16.9 Å². The van der Waals surface area contributed by atoms with Gasteiger partial charge in [-0.05, 0) is 29.7 Å². The van der Waals surface area contributed by atoms with Gasteiger partial charge >= 0.3 is 7.69 Å². The van der Waals surface area contributed by atoms with Gasteiger partial charge in [-0.3, -0.25) is 0 Å². The summed E-state index contributed by atoms with van der Waals surface area (Å²) in [4.78, 5) is 0. The molecular formula is C17H22BO3. The van der Waals surface area contributed by atoms with Crippen molar-refractivity contribution >= 4 is 7.69 Å². The van der Waals surface area contributed by atoms with Crippen LogP contribution in [0.3, 0.4) is 0 Å². The molecule has 4 heteroatoms. The quantitative estimate of drug-likeness (QED) is 0.631. The topological polar surface area (TPSA) is 49.7 Å². The van der Waals surface area contributed by atoms with Crippen LogP contribution in [0.4, 0.5) is 0 Å². The van der Waals surface area contributed by atoms with Crippen molar-refractivity contribution in [2.24, 2.45) is 0 Å². The van der Waals surface area contributed by atoms with Crippen molar-refractivity contribution in [1.29, 1.82) is 0 Å². The van der Waals surface area contributed by atoms with Gasteiger partial charge in [0.1, 0.15) is 5.75 Å². The largest absolute Gasteiger partial charge is 0.494 e. The first kappa shape index (κ1) is 17.3. The van der Waals surface area contributed by atoms with Gasteiger partial charge in [0.2, 0.25) is 0 Å². The molecule has 2 aromatic carbocycles. The molecule has 0 heterocycles.